The summed E-state index contributed by atoms with van der Waals surface area (Å²) in [5.74, 6) is 0.0514. The number of carbonyl (C=O) groups excluding carboxylic acids is 2. The summed E-state index contributed by atoms with van der Waals surface area (Å²) in [6.07, 6.45) is 7.88. The van der Waals surface area contributed by atoms with Gasteiger partial charge in [0.15, 0.2) is 5.82 Å². The molecule has 0 unspecified atom stereocenters. The van der Waals surface area contributed by atoms with Crippen LogP contribution in [0.2, 0.25) is 0 Å². The van der Waals surface area contributed by atoms with Crippen LogP contribution in [0, 0.1) is 0 Å². The van der Waals surface area contributed by atoms with Crippen molar-refractivity contribution in [3.8, 4) is 5.82 Å². The number of carbonyl (C=O) groups is 2. The van der Waals surface area contributed by atoms with Crippen molar-refractivity contribution in [3.05, 3.63) is 66.5 Å². The molecular weight excluding hydrogens is 322 g/mol. The highest BCUT2D eigenvalue weighted by atomic mass is 16.3. The van der Waals surface area contributed by atoms with E-state index in [4.69, 9.17) is 4.42 Å². The van der Waals surface area contributed by atoms with Gasteiger partial charge >= 0.3 is 0 Å². The summed E-state index contributed by atoms with van der Waals surface area (Å²) in [4.78, 5) is 28.3. The summed E-state index contributed by atoms with van der Waals surface area (Å²) in [7, 11) is 0. The lowest BCUT2D eigenvalue weighted by Crippen LogP contribution is -2.44. The van der Waals surface area contributed by atoms with E-state index in [2.05, 4.69) is 20.7 Å². The molecule has 25 heavy (non-hydrogen) atoms. The summed E-state index contributed by atoms with van der Waals surface area (Å²) in [5, 5.41) is 9.47. The van der Waals surface area contributed by atoms with E-state index in [0.29, 0.717) is 17.9 Å². The fraction of sp³-hybridized carbons (Fsp3) is 0.176. The fourth-order valence-electron chi connectivity index (χ4n) is 2.14. The summed E-state index contributed by atoms with van der Waals surface area (Å²) in [6.45, 7) is 1.93. The SMILES string of the molecule is C[C@@H](NC(=O)c1ccoc1)C(=O)NCc1ccc(-n2cccn2)nc1. The summed E-state index contributed by atoms with van der Waals surface area (Å²) >= 11 is 0. The average Bonchev–Trinajstić information content (AvgIpc) is 3.33. The Labute approximate surface area is 143 Å². The molecule has 0 saturated carbocycles. The van der Waals surface area contributed by atoms with Gasteiger partial charge in [0, 0.05) is 25.1 Å². The maximum absolute atomic E-state index is 12.1. The highest BCUT2D eigenvalue weighted by Gasteiger charge is 2.16. The van der Waals surface area contributed by atoms with Crippen molar-refractivity contribution in [2.45, 2.75) is 19.5 Å². The van der Waals surface area contributed by atoms with Gasteiger partial charge in [-0.15, -0.1) is 0 Å². The van der Waals surface area contributed by atoms with E-state index in [1.54, 1.807) is 30.2 Å². The van der Waals surface area contributed by atoms with Gasteiger partial charge in [-0.25, -0.2) is 9.67 Å². The maximum Gasteiger partial charge on any atom is 0.255 e. The van der Waals surface area contributed by atoms with Gasteiger partial charge in [-0.3, -0.25) is 9.59 Å². The third-order valence-electron chi connectivity index (χ3n) is 3.54. The predicted octanol–water partition coefficient (Wildman–Crippen LogP) is 1.29. The van der Waals surface area contributed by atoms with E-state index < -0.39 is 6.04 Å². The van der Waals surface area contributed by atoms with Crippen LogP contribution in [0.25, 0.3) is 5.82 Å². The minimum Gasteiger partial charge on any atom is -0.472 e. The fourth-order valence-corrected chi connectivity index (χ4v) is 2.14. The number of hydrogen-bond acceptors (Lipinski definition) is 5. The van der Waals surface area contributed by atoms with Crippen molar-refractivity contribution in [3.63, 3.8) is 0 Å². The molecule has 0 aromatic carbocycles. The Hall–Kier alpha value is -3.42. The second-order valence-corrected chi connectivity index (χ2v) is 5.40. The van der Waals surface area contributed by atoms with E-state index in [0.717, 1.165) is 5.56 Å². The van der Waals surface area contributed by atoms with Crippen LogP contribution in [0.4, 0.5) is 0 Å². The minimum absolute atomic E-state index is 0.284. The Balaban J connectivity index is 1.50. The lowest BCUT2D eigenvalue weighted by atomic mass is 10.2. The smallest absolute Gasteiger partial charge is 0.255 e. The van der Waals surface area contributed by atoms with Crippen LogP contribution < -0.4 is 10.6 Å². The number of rotatable bonds is 6. The molecule has 0 aliphatic carbocycles. The normalized spacial score (nSPS) is 11.7. The molecular formula is C17H17N5O3. The first-order valence-corrected chi connectivity index (χ1v) is 7.69. The Morgan fingerprint density at radius 2 is 2.20 bits per heavy atom. The number of furan rings is 1. The summed E-state index contributed by atoms with van der Waals surface area (Å²) < 4.78 is 6.49. The monoisotopic (exact) mass is 339 g/mol. The van der Waals surface area contributed by atoms with Gasteiger partial charge < -0.3 is 15.1 Å². The van der Waals surface area contributed by atoms with Crippen molar-refractivity contribution in [1.29, 1.82) is 0 Å². The van der Waals surface area contributed by atoms with Crippen LogP contribution in [0.1, 0.15) is 22.8 Å². The molecule has 0 spiro atoms. The molecule has 3 aromatic heterocycles. The van der Waals surface area contributed by atoms with E-state index in [1.807, 2.05) is 18.2 Å². The van der Waals surface area contributed by atoms with Gasteiger partial charge in [-0.05, 0) is 30.7 Å². The highest BCUT2D eigenvalue weighted by Crippen LogP contribution is 2.05. The van der Waals surface area contributed by atoms with Gasteiger partial charge in [-0.1, -0.05) is 6.07 Å². The molecule has 8 heteroatoms. The van der Waals surface area contributed by atoms with Crippen LogP contribution in [0.15, 0.2) is 59.8 Å². The molecule has 2 amide bonds. The van der Waals surface area contributed by atoms with Crippen LogP contribution in [-0.4, -0.2) is 32.6 Å². The quantitative estimate of drug-likeness (QED) is 0.705. The van der Waals surface area contributed by atoms with Crippen LogP contribution in [0.5, 0.6) is 0 Å². The van der Waals surface area contributed by atoms with Crippen LogP contribution in [-0.2, 0) is 11.3 Å². The molecule has 0 aliphatic rings. The van der Waals surface area contributed by atoms with Crippen molar-refractivity contribution in [2.24, 2.45) is 0 Å². The molecule has 128 valence electrons. The molecule has 3 aromatic rings. The van der Waals surface area contributed by atoms with Crippen molar-refractivity contribution >= 4 is 11.8 Å². The lowest BCUT2D eigenvalue weighted by Gasteiger charge is -2.13. The zero-order valence-corrected chi connectivity index (χ0v) is 13.5. The molecule has 0 radical (unpaired) electrons. The van der Waals surface area contributed by atoms with Gasteiger partial charge in [0.1, 0.15) is 12.3 Å². The topological polar surface area (TPSA) is 102 Å². The largest absolute Gasteiger partial charge is 0.472 e. The number of nitrogens with zero attached hydrogens (tertiary/aromatic N) is 3. The van der Waals surface area contributed by atoms with Crippen LogP contribution in [0.3, 0.4) is 0 Å². The Kier molecular flexibility index (Phi) is 4.89. The average molecular weight is 339 g/mol. The molecule has 3 rings (SSSR count). The van der Waals surface area contributed by atoms with Crippen molar-refractivity contribution in [1.82, 2.24) is 25.4 Å². The Morgan fingerprint density at radius 3 is 2.84 bits per heavy atom. The molecule has 8 nitrogen and oxygen atoms in total. The molecule has 0 fully saturated rings. The third-order valence-corrected chi connectivity index (χ3v) is 3.54. The zero-order chi connectivity index (χ0) is 17.6. The molecule has 0 saturated heterocycles. The Morgan fingerprint density at radius 1 is 1.32 bits per heavy atom. The first kappa shape index (κ1) is 16.4. The van der Waals surface area contributed by atoms with E-state index in [-0.39, 0.29) is 11.8 Å². The van der Waals surface area contributed by atoms with Gasteiger partial charge in [0.25, 0.3) is 5.91 Å². The second kappa shape index (κ2) is 7.43. The summed E-state index contributed by atoms with van der Waals surface area (Å²) in [6, 6.07) is 6.36. The Bertz CT molecular complexity index is 826. The molecule has 0 aliphatic heterocycles. The number of hydrogen-bond donors (Lipinski definition) is 2. The molecule has 0 bridgehead atoms. The lowest BCUT2D eigenvalue weighted by molar-refractivity contribution is -0.122. The van der Waals surface area contributed by atoms with Gasteiger partial charge in [-0.2, -0.15) is 5.10 Å². The van der Waals surface area contributed by atoms with Gasteiger partial charge in [0.2, 0.25) is 5.91 Å². The van der Waals surface area contributed by atoms with Crippen LogP contribution >= 0.6 is 0 Å². The number of aromatic nitrogens is 3. The standard InChI is InChI=1S/C17H17N5O3/c1-12(21-17(24)14-5-8-25-11-14)16(23)19-10-13-3-4-15(18-9-13)22-7-2-6-20-22/h2-9,11-12H,10H2,1H3,(H,19,23)(H,21,24)/t12-/m1/s1. The number of amides is 2. The van der Waals surface area contributed by atoms with Gasteiger partial charge in [0.05, 0.1) is 11.8 Å². The van der Waals surface area contributed by atoms with Crippen molar-refractivity contribution < 1.29 is 14.0 Å². The first-order chi connectivity index (χ1) is 12.1. The third kappa shape index (κ3) is 4.11. The summed E-state index contributed by atoms with van der Waals surface area (Å²) in [5.41, 5.74) is 1.22. The molecule has 1 atom stereocenters. The maximum atomic E-state index is 12.1. The highest BCUT2D eigenvalue weighted by molar-refractivity contribution is 5.97. The van der Waals surface area contributed by atoms with Crippen molar-refractivity contribution in [2.75, 3.05) is 0 Å². The predicted molar refractivity (Wildman–Crippen MR) is 88.8 cm³/mol. The molecule has 3 heterocycles. The first-order valence-electron chi connectivity index (χ1n) is 7.69. The van der Waals surface area contributed by atoms with E-state index >= 15 is 0 Å². The van der Waals surface area contributed by atoms with E-state index in [9.17, 15) is 9.59 Å². The minimum atomic E-state index is -0.668. The second-order valence-electron chi connectivity index (χ2n) is 5.40. The molecule has 2 N–H and O–H groups in total. The van der Waals surface area contributed by atoms with E-state index in [1.165, 1.54) is 18.6 Å². The zero-order valence-electron chi connectivity index (χ0n) is 13.5. The number of pyridine rings is 1. The number of nitrogens with one attached hydrogen (secondary N) is 2.